The van der Waals surface area contributed by atoms with Gasteiger partial charge in [0.15, 0.2) is 0 Å². The molecule has 0 saturated heterocycles. The van der Waals surface area contributed by atoms with Crippen LogP contribution in [0.5, 0.6) is 0 Å². The minimum atomic E-state index is 0.475. The van der Waals surface area contributed by atoms with Crippen molar-refractivity contribution < 1.29 is 0 Å². The first-order chi connectivity index (χ1) is 6.81. The number of aromatic nitrogens is 2. The van der Waals surface area contributed by atoms with Crippen LogP contribution < -0.4 is 5.73 Å². The summed E-state index contributed by atoms with van der Waals surface area (Å²) in [7, 11) is 0. The molecule has 0 atom stereocenters. The maximum Gasteiger partial charge on any atom is 0.0650 e. The number of nitrogens with two attached hydrogens (primary N) is 1. The zero-order chi connectivity index (χ0) is 9.97. The Morgan fingerprint density at radius 3 is 2.57 bits per heavy atom. The average molecular weight is 208 g/mol. The van der Waals surface area contributed by atoms with Crippen molar-refractivity contribution in [3.05, 3.63) is 47.2 Å². The molecule has 0 spiro atoms. The molecule has 0 aliphatic carbocycles. The standard InChI is InChI=1S/C10H10ClN3/c11-8-1-3-9(4-2-8)14-10(7-12)5-6-13-14/h1-6H,7,12H2. The molecule has 4 heteroatoms. The molecule has 2 N–H and O–H groups in total. The Kier molecular flexibility index (Phi) is 2.52. The molecule has 0 aliphatic heterocycles. The van der Waals surface area contributed by atoms with Crippen LogP contribution in [0.2, 0.25) is 5.02 Å². The summed E-state index contributed by atoms with van der Waals surface area (Å²) < 4.78 is 1.80. The van der Waals surface area contributed by atoms with E-state index >= 15 is 0 Å². The van der Waals surface area contributed by atoms with Gasteiger partial charge in [-0.3, -0.25) is 0 Å². The molecule has 2 rings (SSSR count). The molecule has 0 amide bonds. The summed E-state index contributed by atoms with van der Waals surface area (Å²) in [5.41, 5.74) is 7.53. The van der Waals surface area contributed by atoms with Crippen LogP contribution in [-0.4, -0.2) is 9.78 Å². The Balaban J connectivity index is 2.44. The van der Waals surface area contributed by atoms with E-state index in [1.54, 1.807) is 10.9 Å². The van der Waals surface area contributed by atoms with Gasteiger partial charge < -0.3 is 5.73 Å². The first kappa shape index (κ1) is 9.24. The number of benzene rings is 1. The fraction of sp³-hybridized carbons (Fsp3) is 0.100. The molecule has 1 aromatic carbocycles. The highest BCUT2D eigenvalue weighted by atomic mass is 35.5. The molecule has 0 radical (unpaired) electrons. The van der Waals surface area contributed by atoms with Gasteiger partial charge in [0.1, 0.15) is 0 Å². The first-order valence-corrected chi connectivity index (χ1v) is 4.68. The van der Waals surface area contributed by atoms with Crippen molar-refractivity contribution >= 4 is 11.6 Å². The summed E-state index contributed by atoms with van der Waals surface area (Å²) in [6.45, 7) is 0.475. The molecule has 0 bridgehead atoms. The van der Waals surface area contributed by atoms with Crippen LogP contribution in [0.4, 0.5) is 0 Å². The molecule has 3 nitrogen and oxygen atoms in total. The van der Waals surface area contributed by atoms with E-state index in [0.29, 0.717) is 6.54 Å². The summed E-state index contributed by atoms with van der Waals surface area (Å²) in [6.07, 6.45) is 1.73. The third-order valence-electron chi connectivity index (χ3n) is 2.00. The van der Waals surface area contributed by atoms with Crippen LogP contribution in [0, 0.1) is 0 Å². The van der Waals surface area contributed by atoms with Gasteiger partial charge in [0, 0.05) is 17.8 Å². The van der Waals surface area contributed by atoms with E-state index in [-0.39, 0.29) is 0 Å². The smallest absolute Gasteiger partial charge is 0.0650 e. The highest BCUT2D eigenvalue weighted by molar-refractivity contribution is 6.30. The number of rotatable bonds is 2. The number of hydrogen-bond acceptors (Lipinski definition) is 2. The summed E-state index contributed by atoms with van der Waals surface area (Å²) in [6, 6.07) is 9.38. The molecule has 14 heavy (non-hydrogen) atoms. The van der Waals surface area contributed by atoms with E-state index in [1.807, 2.05) is 30.3 Å². The second kappa shape index (κ2) is 3.82. The van der Waals surface area contributed by atoms with E-state index in [9.17, 15) is 0 Å². The van der Waals surface area contributed by atoms with Crippen molar-refractivity contribution in [1.82, 2.24) is 9.78 Å². The highest BCUT2D eigenvalue weighted by Gasteiger charge is 2.01. The van der Waals surface area contributed by atoms with Crippen LogP contribution in [0.25, 0.3) is 5.69 Å². The van der Waals surface area contributed by atoms with Gasteiger partial charge in [0.2, 0.25) is 0 Å². The maximum atomic E-state index is 5.79. The van der Waals surface area contributed by atoms with Crippen LogP contribution in [0.15, 0.2) is 36.5 Å². The summed E-state index contributed by atoms with van der Waals surface area (Å²) >= 11 is 5.79. The van der Waals surface area contributed by atoms with E-state index in [0.717, 1.165) is 16.4 Å². The number of halogens is 1. The minimum Gasteiger partial charge on any atom is -0.325 e. The van der Waals surface area contributed by atoms with Crippen molar-refractivity contribution in [1.29, 1.82) is 0 Å². The molecule has 0 aliphatic rings. The van der Waals surface area contributed by atoms with Gasteiger partial charge in [0.25, 0.3) is 0 Å². The lowest BCUT2D eigenvalue weighted by Gasteiger charge is -2.05. The lowest BCUT2D eigenvalue weighted by atomic mass is 10.3. The van der Waals surface area contributed by atoms with Crippen molar-refractivity contribution in [3.63, 3.8) is 0 Å². The molecule has 0 saturated carbocycles. The summed E-state index contributed by atoms with van der Waals surface area (Å²) in [5.74, 6) is 0. The van der Waals surface area contributed by atoms with Crippen LogP contribution >= 0.6 is 11.6 Å². The SMILES string of the molecule is NCc1ccnn1-c1ccc(Cl)cc1. The zero-order valence-corrected chi connectivity index (χ0v) is 8.28. The van der Waals surface area contributed by atoms with Crippen LogP contribution in [-0.2, 0) is 6.54 Å². The Morgan fingerprint density at radius 2 is 1.93 bits per heavy atom. The van der Waals surface area contributed by atoms with Gasteiger partial charge in [-0.05, 0) is 30.3 Å². The fourth-order valence-corrected chi connectivity index (χ4v) is 1.43. The normalized spacial score (nSPS) is 10.4. The van der Waals surface area contributed by atoms with Crippen molar-refractivity contribution in [3.8, 4) is 5.69 Å². The third kappa shape index (κ3) is 1.64. The predicted octanol–water partition coefficient (Wildman–Crippen LogP) is 1.98. The van der Waals surface area contributed by atoms with Gasteiger partial charge in [-0.25, -0.2) is 4.68 Å². The highest BCUT2D eigenvalue weighted by Crippen LogP contribution is 2.14. The van der Waals surface area contributed by atoms with E-state index in [2.05, 4.69) is 5.10 Å². The molecule has 0 fully saturated rings. The van der Waals surface area contributed by atoms with Gasteiger partial charge in [-0.2, -0.15) is 5.10 Å². The van der Waals surface area contributed by atoms with Crippen LogP contribution in [0.1, 0.15) is 5.69 Å². The van der Waals surface area contributed by atoms with Gasteiger partial charge in [-0.1, -0.05) is 11.6 Å². The lowest BCUT2D eigenvalue weighted by molar-refractivity contribution is 0.804. The van der Waals surface area contributed by atoms with E-state index in [1.165, 1.54) is 0 Å². The van der Waals surface area contributed by atoms with Crippen LogP contribution in [0.3, 0.4) is 0 Å². The van der Waals surface area contributed by atoms with E-state index < -0.39 is 0 Å². The Bertz CT molecular complexity index is 419. The fourth-order valence-electron chi connectivity index (χ4n) is 1.30. The van der Waals surface area contributed by atoms with Gasteiger partial charge >= 0.3 is 0 Å². The monoisotopic (exact) mass is 207 g/mol. The summed E-state index contributed by atoms with van der Waals surface area (Å²) in [4.78, 5) is 0. The van der Waals surface area contributed by atoms with Gasteiger partial charge in [0.05, 0.1) is 11.4 Å². The van der Waals surface area contributed by atoms with E-state index in [4.69, 9.17) is 17.3 Å². The Morgan fingerprint density at radius 1 is 1.21 bits per heavy atom. The molecular formula is C10H10ClN3. The molecular weight excluding hydrogens is 198 g/mol. The number of hydrogen-bond donors (Lipinski definition) is 1. The van der Waals surface area contributed by atoms with Gasteiger partial charge in [-0.15, -0.1) is 0 Å². The molecule has 0 unspecified atom stereocenters. The predicted molar refractivity (Wildman–Crippen MR) is 56.5 cm³/mol. The maximum absolute atomic E-state index is 5.79. The van der Waals surface area contributed by atoms with Crippen molar-refractivity contribution in [2.24, 2.45) is 5.73 Å². The minimum absolute atomic E-state index is 0.475. The number of nitrogens with zero attached hydrogens (tertiary/aromatic N) is 2. The Hall–Kier alpha value is -1.32. The molecule has 2 aromatic rings. The van der Waals surface area contributed by atoms with Crippen molar-refractivity contribution in [2.75, 3.05) is 0 Å². The second-order valence-electron chi connectivity index (χ2n) is 2.91. The van der Waals surface area contributed by atoms with Crippen molar-refractivity contribution in [2.45, 2.75) is 6.54 Å². The molecule has 1 aromatic heterocycles. The summed E-state index contributed by atoms with van der Waals surface area (Å²) in [5, 5.41) is 4.90. The second-order valence-corrected chi connectivity index (χ2v) is 3.35. The first-order valence-electron chi connectivity index (χ1n) is 4.30. The average Bonchev–Trinajstić information content (AvgIpc) is 2.67. The largest absolute Gasteiger partial charge is 0.325 e. The third-order valence-corrected chi connectivity index (χ3v) is 2.25. The lowest BCUT2D eigenvalue weighted by Crippen LogP contribution is -2.06. The molecule has 72 valence electrons. The zero-order valence-electron chi connectivity index (χ0n) is 7.52. The quantitative estimate of drug-likeness (QED) is 0.819. The Labute approximate surface area is 87.1 Å². The molecule has 1 heterocycles. The topological polar surface area (TPSA) is 43.8 Å².